The Morgan fingerprint density at radius 2 is 0.733 bits per heavy atom. The van der Waals surface area contributed by atoms with Gasteiger partial charge in [-0.05, 0) is 34.9 Å². The molecule has 0 aliphatic heterocycles. The molecule has 0 atom stereocenters. The van der Waals surface area contributed by atoms with Crippen LogP contribution in [0.3, 0.4) is 0 Å². The summed E-state index contributed by atoms with van der Waals surface area (Å²) in [5.74, 6) is 0. The Hall–Kier alpha value is -1.02. The molecule has 0 aliphatic carbocycles. The summed E-state index contributed by atoms with van der Waals surface area (Å²) in [6.07, 6.45) is -1.79. The Kier molecular flexibility index (Phi) is 3.75. The van der Waals surface area contributed by atoms with Gasteiger partial charge in [-0.2, -0.15) is 0 Å². The minimum absolute atomic E-state index is 0.596. The first-order valence-electron chi connectivity index (χ1n) is 4.60. The molecule has 0 fully saturated rings. The van der Waals surface area contributed by atoms with Crippen LogP contribution < -0.4 is 34.4 Å². The Morgan fingerprint density at radius 3 is 0.867 bits per heavy atom. The number of hydrogen-bond acceptors (Lipinski definition) is 6. The van der Waals surface area contributed by atoms with Crippen LogP contribution in [0.5, 0.6) is 0 Å². The van der Waals surface area contributed by atoms with Crippen LogP contribution in [0.2, 0.25) is 0 Å². The molecule has 0 spiro atoms. The first-order valence-corrected chi connectivity index (χ1v) is 4.60. The van der Waals surface area contributed by atoms with Crippen molar-refractivity contribution in [1.82, 2.24) is 0 Å². The van der Waals surface area contributed by atoms with Crippen molar-refractivity contribution < 1.29 is 0 Å². The maximum absolute atomic E-state index is 5.57. The first kappa shape index (κ1) is 12.1. The summed E-state index contributed by atoms with van der Waals surface area (Å²) in [6.45, 7) is 0. The molecule has 0 aromatic heterocycles. The topological polar surface area (TPSA) is 156 Å². The van der Waals surface area contributed by atoms with Gasteiger partial charge in [0.05, 0.1) is 18.5 Å². The van der Waals surface area contributed by atoms with Crippen LogP contribution in [0.4, 0.5) is 0 Å². The van der Waals surface area contributed by atoms with Crippen LogP contribution in [0.15, 0.2) is 18.2 Å². The van der Waals surface area contributed by atoms with Gasteiger partial charge >= 0.3 is 0 Å². The highest BCUT2D eigenvalue weighted by Crippen LogP contribution is 2.18. The molecule has 6 nitrogen and oxygen atoms in total. The van der Waals surface area contributed by atoms with Crippen molar-refractivity contribution in [2.24, 2.45) is 34.4 Å². The Labute approximate surface area is 88.6 Å². The average molecular weight is 210 g/mol. The van der Waals surface area contributed by atoms with E-state index < -0.39 is 18.5 Å². The van der Waals surface area contributed by atoms with Gasteiger partial charge in [0.25, 0.3) is 0 Å². The van der Waals surface area contributed by atoms with Crippen molar-refractivity contribution in [2.45, 2.75) is 18.5 Å². The van der Waals surface area contributed by atoms with Crippen molar-refractivity contribution in [3.63, 3.8) is 0 Å². The molecule has 0 aliphatic rings. The zero-order valence-corrected chi connectivity index (χ0v) is 8.43. The summed E-state index contributed by atoms with van der Waals surface area (Å²) in [4.78, 5) is 0. The summed E-state index contributed by atoms with van der Waals surface area (Å²) < 4.78 is 0. The van der Waals surface area contributed by atoms with Crippen LogP contribution in [-0.2, 0) is 0 Å². The van der Waals surface area contributed by atoms with E-state index in [9.17, 15) is 0 Å². The van der Waals surface area contributed by atoms with E-state index in [2.05, 4.69) is 0 Å². The number of benzene rings is 1. The zero-order chi connectivity index (χ0) is 11.6. The highest BCUT2D eigenvalue weighted by atomic mass is 14.9. The van der Waals surface area contributed by atoms with Crippen LogP contribution in [0.25, 0.3) is 0 Å². The SMILES string of the molecule is NC(N)c1cc(C(N)N)cc(C(N)N)c1. The second-order valence-corrected chi connectivity index (χ2v) is 3.51. The lowest BCUT2D eigenvalue weighted by Crippen LogP contribution is -2.26. The highest BCUT2D eigenvalue weighted by Gasteiger charge is 2.09. The van der Waals surface area contributed by atoms with Gasteiger partial charge in [-0.15, -0.1) is 0 Å². The van der Waals surface area contributed by atoms with Gasteiger partial charge in [-0.25, -0.2) is 0 Å². The summed E-state index contributed by atoms with van der Waals surface area (Å²) in [5.41, 5.74) is 35.5. The largest absolute Gasteiger partial charge is 0.312 e. The molecule has 1 aromatic carbocycles. The molecule has 12 N–H and O–H groups in total. The fourth-order valence-electron chi connectivity index (χ4n) is 1.28. The van der Waals surface area contributed by atoms with E-state index in [1.54, 1.807) is 18.2 Å². The van der Waals surface area contributed by atoms with Gasteiger partial charge in [-0.3, -0.25) is 0 Å². The lowest BCUT2D eigenvalue weighted by Gasteiger charge is -2.15. The second-order valence-electron chi connectivity index (χ2n) is 3.51. The maximum Gasteiger partial charge on any atom is 0.0784 e. The molecule has 1 aromatic rings. The minimum atomic E-state index is -0.596. The molecule has 84 valence electrons. The van der Waals surface area contributed by atoms with E-state index in [4.69, 9.17) is 34.4 Å². The molecule has 6 heteroatoms. The number of hydrogen-bond donors (Lipinski definition) is 6. The minimum Gasteiger partial charge on any atom is -0.312 e. The van der Waals surface area contributed by atoms with Gasteiger partial charge < -0.3 is 34.4 Å². The van der Waals surface area contributed by atoms with E-state index in [0.717, 1.165) is 0 Å². The van der Waals surface area contributed by atoms with Gasteiger partial charge in [0, 0.05) is 0 Å². The van der Waals surface area contributed by atoms with E-state index in [-0.39, 0.29) is 0 Å². The van der Waals surface area contributed by atoms with Crippen LogP contribution >= 0.6 is 0 Å². The molecular weight excluding hydrogens is 192 g/mol. The second kappa shape index (κ2) is 4.67. The van der Waals surface area contributed by atoms with Crippen LogP contribution in [0, 0.1) is 0 Å². The van der Waals surface area contributed by atoms with Crippen molar-refractivity contribution in [3.05, 3.63) is 34.9 Å². The molecule has 0 radical (unpaired) electrons. The average Bonchev–Trinajstić information content (AvgIpc) is 2.16. The first-order chi connectivity index (χ1) is 6.91. The monoisotopic (exact) mass is 210 g/mol. The lowest BCUT2D eigenvalue weighted by molar-refractivity contribution is 0.722. The van der Waals surface area contributed by atoms with E-state index >= 15 is 0 Å². The Morgan fingerprint density at radius 1 is 0.533 bits per heavy atom. The highest BCUT2D eigenvalue weighted by molar-refractivity contribution is 5.34. The van der Waals surface area contributed by atoms with Crippen molar-refractivity contribution in [1.29, 1.82) is 0 Å². The molecule has 0 saturated carbocycles. The van der Waals surface area contributed by atoms with Gasteiger partial charge in [-0.1, -0.05) is 0 Å². The summed E-state index contributed by atoms with van der Waals surface area (Å²) in [6, 6.07) is 5.25. The predicted octanol–water partition coefficient (Wildman–Crippen LogP) is -1.57. The molecule has 15 heavy (non-hydrogen) atoms. The fourth-order valence-corrected chi connectivity index (χ4v) is 1.28. The third kappa shape index (κ3) is 2.96. The molecule has 0 heterocycles. The Bertz CT molecular complexity index is 269. The van der Waals surface area contributed by atoms with Crippen LogP contribution in [0.1, 0.15) is 35.2 Å². The maximum atomic E-state index is 5.57. The molecular formula is C9H18N6. The third-order valence-electron chi connectivity index (χ3n) is 2.15. The molecule has 0 saturated heterocycles. The molecule has 0 bridgehead atoms. The number of rotatable bonds is 3. The van der Waals surface area contributed by atoms with E-state index in [0.29, 0.717) is 16.7 Å². The van der Waals surface area contributed by atoms with E-state index in [1.807, 2.05) is 0 Å². The van der Waals surface area contributed by atoms with Crippen molar-refractivity contribution >= 4 is 0 Å². The van der Waals surface area contributed by atoms with Crippen LogP contribution in [-0.4, -0.2) is 0 Å². The lowest BCUT2D eigenvalue weighted by atomic mass is 10.0. The van der Waals surface area contributed by atoms with Gasteiger partial charge in [0.2, 0.25) is 0 Å². The predicted molar refractivity (Wildman–Crippen MR) is 59.8 cm³/mol. The fraction of sp³-hybridized carbons (Fsp3) is 0.333. The molecule has 1 rings (SSSR count). The standard InChI is InChI=1S/C9H18N6/c10-7(11)4-1-5(8(12)13)3-6(2-4)9(14)15/h1-3,7-9H,10-15H2. The number of nitrogens with two attached hydrogens (primary N) is 6. The Balaban J connectivity index is 3.20. The summed E-state index contributed by atoms with van der Waals surface area (Å²) >= 11 is 0. The van der Waals surface area contributed by atoms with Crippen molar-refractivity contribution in [3.8, 4) is 0 Å². The van der Waals surface area contributed by atoms with Crippen molar-refractivity contribution in [2.75, 3.05) is 0 Å². The zero-order valence-electron chi connectivity index (χ0n) is 8.43. The molecule has 0 amide bonds. The smallest absolute Gasteiger partial charge is 0.0784 e. The summed E-state index contributed by atoms with van der Waals surface area (Å²) in [7, 11) is 0. The quantitative estimate of drug-likeness (QED) is 0.331. The normalized spacial score (nSPS) is 11.8. The van der Waals surface area contributed by atoms with Gasteiger partial charge in [0.15, 0.2) is 0 Å². The third-order valence-corrected chi connectivity index (χ3v) is 2.15. The molecule has 0 unspecified atom stereocenters. The summed E-state index contributed by atoms with van der Waals surface area (Å²) in [5, 5.41) is 0. The van der Waals surface area contributed by atoms with E-state index in [1.165, 1.54) is 0 Å². The van der Waals surface area contributed by atoms with Gasteiger partial charge in [0.1, 0.15) is 0 Å².